The predicted molar refractivity (Wildman–Crippen MR) is 84.7 cm³/mol. The van der Waals surface area contributed by atoms with Crippen molar-refractivity contribution in [3.8, 4) is 0 Å². The van der Waals surface area contributed by atoms with Crippen LogP contribution in [0.25, 0.3) is 0 Å². The number of hydrogen-bond acceptors (Lipinski definition) is 1. The van der Waals surface area contributed by atoms with Crippen LogP contribution in [0, 0.1) is 0 Å². The molecule has 0 bridgehead atoms. The molecule has 0 unspecified atom stereocenters. The second-order valence-electron chi connectivity index (χ2n) is 5.79. The molecule has 2 rings (SSSR count). The lowest BCUT2D eigenvalue weighted by atomic mass is 9.89. The molecule has 2 heteroatoms. The zero-order valence-corrected chi connectivity index (χ0v) is 12.9. The molecule has 1 aromatic carbocycles. The summed E-state index contributed by atoms with van der Waals surface area (Å²) in [6, 6.07) is 12.6. The van der Waals surface area contributed by atoms with Gasteiger partial charge in [0.1, 0.15) is 5.49 Å². The van der Waals surface area contributed by atoms with Crippen molar-refractivity contribution in [3.63, 3.8) is 0 Å². The molecule has 0 aliphatic carbocycles. The SMILES string of the molecule is CC(C)c1cccc(C(C)C)c1CN=c1cccc[nH]1. The van der Waals surface area contributed by atoms with Gasteiger partial charge in [-0.15, -0.1) is 0 Å². The topological polar surface area (TPSA) is 28.1 Å². The molecule has 1 aromatic heterocycles. The first-order valence-corrected chi connectivity index (χ1v) is 7.35. The molecule has 0 atom stereocenters. The third kappa shape index (κ3) is 3.38. The van der Waals surface area contributed by atoms with Crippen molar-refractivity contribution in [3.05, 3.63) is 64.8 Å². The molecule has 0 radical (unpaired) electrons. The first kappa shape index (κ1) is 14.6. The summed E-state index contributed by atoms with van der Waals surface area (Å²) in [6.07, 6.45) is 1.91. The fourth-order valence-corrected chi connectivity index (χ4v) is 2.53. The van der Waals surface area contributed by atoms with E-state index in [1.165, 1.54) is 16.7 Å². The fraction of sp³-hybridized carbons (Fsp3) is 0.389. The van der Waals surface area contributed by atoms with E-state index < -0.39 is 0 Å². The molecule has 0 spiro atoms. The highest BCUT2D eigenvalue weighted by molar-refractivity contribution is 5.39. The van der Waals surface area contributed by atoms with Gasteiger partial charge >= 0.3 is 0 Å². The summed E-state index contributed by atoms with van der Waals surface area (Å²) in [5, 5.41) is 0. The van der Waals surface area contributed by atoms with Crippen molar-refractivity contribution in [1.82, 2.24) is 4.98 Å². The maximum absolute atomic E-state index is 4.71. The minimum absolute atomic E-state index is 0.527. The lowest BCUT2D eigenvalue weighted by Crippen LogP contribution is -2.08. The van der Waals surface area contributed by atoms with Gasteiger partial charge in [-0.1, -0.05) is 52.0 Å². The number of aromatic nitrogens is 1. The lowest BCUT2D eigenvalue weighted by Gasteiger charge is -2.18. The number of pyridine rings is 1. The van der Waals surface area contributed by atoms with Gasteiger partial charge in [0.2, 0.25) is 0 Å². The molecule has 1 heterocycles. The standard InChI is InChI=1S/C18H24N2/c1-13(2)15-8-7-9-16(14(3)4)17(15)12-20-18-10-5-6-11-19-18/h5-11,13-14H,12H2,1-4H3,(H,19,20). The molecule has 0 aliphatic rings. The number of nitrogens with one attached hydrogen (secondary N) is 1. The van der Waals surface area contributed by atoms with E-state index in [9.17, 15) is 0 Å². The molecule has 20 heavy (non-hydrogen) atoms. The highest BCUT2D eigenvalue weighted by Gasteiger charge is 2.12. The Morgan fingerprint density at radius 3 is 2.05 bits per heavy atom. The molecular formula is C18H24N2. The van der Waals surface area contributed by atoms with Crippen LogP contribution < -0.4 is 5.49 Å². The van der Waals surface area contributed by atoms with Gasteiger partial charge in [0, 0.05) is 6.20 Å². The lowest BCUT2D eigenvalue weighted by molar-refractivity contribution is 0.788. The summed E-state index contributed by atoms with van der Waals surface area (Å²) in [4.78, 5) is 7.88. The van der Waals surface area contributed by atoms with Gasteiger partial charge < -0.3 is 4.98 Å². The number of nitrogens with zero attached hydrogens (tertiary/aromatic N) is 1. The monoisotopic (exact) mass is 268 g/mol. The van der Waals surface area contributed by atoms with E-state index in [2.05, 4.69) is 50.9 Å². The van der Waals surface area contributed by atoms with Crippen LogP contribution in [-0.2, 0) is 6.54 Å². The van der Waals surface area contributed by atoms with Crippen LogP contribution in [0.4, 0.5) is 0 Å². The number of rotatable bonds is 4. The number of benzene rings is 1. The zero-order valence-electron chi connectivity index (χ0n) is 12.9. The average Bonchev–Trinajstić information content (AvgIpc) is 2.45. The summed E-state index contributed by atoms with van der Waals surface area (Å²) < 4.78 is 0. The Bertz CT molecular complexity index is 578. The van der Waals surface area contributed by atoms with Gasteiger partial charge in [-0.3, -0.25) is 4.99 Å². The molecule has 2 nitrogen and oxygen atoms in total. The van der Waals surface area contributed by atoms with Crippen LogP contribution in [0.2, 0.25) is 0 Å². The van der Waals surface area contributed by atoms with Crippen molar-refractivity contribution in [1.29, 1.82) is 0 Å². The van der Waals surface area contributed by atoms with E-state index in [4.69, 9.17) is 4.99 Å². The Morgan fingerprint density at radius 1 is 0.900 bits per heavy atom. The number of hydrogen-bond donors (Lipinski definition) is 1. The second-order valence-corrected chi connectivity index (χ2v) is 5.79. The number of H-pyrrole nitrogens is 1. The van der Waals surface area contributed by atoms with Crippen LogP contribution in [0.3, 0.4) is 0 Å². The summed E-state index contributed by atoms with van der Waals surface area (Å²) in [5.41, 5.74) is 5.14. The van der Waals surface area contributed by atoms with Crippen LogP contribution in [0.15, 0.2) is 47.6 Å². The Labute approximate surface area is 121 Å². The maximum Gasteiger partial charge on any atom is 0.125 e. The highest BCUT2D eigenvalue weighted by Crippen LogP contribution is 2.28. The van der Waals surface area contributed by atoms with Crippen molar-refractivity contribution < 1.29 is 0 Å². The van der Waals surface area contributed by atoms with Crippen LogP contribution >= 0.6 is 0 Å². The first-order chi connectivity index (χ1) is 9.59. The Balaban J connectivity index is 2.44. The van der Waals surface area contributed by atoms with Crippen LogP contribution in [-0.4, -0.2) is 4.98 Å². The molecule has 1 N–H and O–H groups in total. The molecular weight excluding hydrogens is 244 g/mol. The fourth-order valence-electron chi connectivity index (χ4n) is 2.53. The highest BCUT2D eigenvalue weighted by atomic mass is 14.8. The largest absolute Gasteiger partial charge is 0.347 e. The third-order valence-corrected chi connectivity index (χ3v) is 3.59. The average molecular weight is 268 g/mol. The molecule has 2 aromatic rings. The zero-order chi connectivity index (χ0) is 14.5. The quantitative estimate of drug-likeness (QED) is 0.853. The van der Waals surface area contributed by atoms with Crippen LogP contribution in [0.1, 0.15) is 56.2 Å². The van der Waals surface area contributed by atoms with E-state index in [1.54, 1.807) is 0 Å². The van der Waals surface area contributed by atoms with Crippen molar-refractivity contribution in [2.75, 3.05) is 0 Å². The van der Waals surface area contributed by atoms with E-state index >= 15 is 0 Å². The van der Waals surface area contributed by atoms with Gasteiger partial charge in [0.05, 0.1) is 6.54 Å². The van der Waals surface area contributed by atoms with Gasteiger partial charge in [0.15, 0.2) is 0 Å². The smallest absolute Gasteiger partial charge is 0.125 e. The maximum atomic E-state index is 4.71. The van der Waals surface area contributed by atoms with Gasteiger partial charge in [-0.2, -0.15) is 0 Å². The van der Waals surface area contributed by atoms with Gasteiger partial charge in [-0.05, 0) is 40.7 Å². The summed E-state index contributed by atoms with van der Waals surface area (Å²) >= 11 is 0. The van der Waals surface area contributed by atoms with E-state index in [0.29, 0.717) is 11.8 Å². The first-order valence-electron chi connectivity index (χ1n) is 7.35. The minimum Gasteiger partial charge on any atom is -0.347 e. The van der Waals surface area contributed by atoms with E-state index in [0.717, 1.165) is 12.0 Å². The van der Waals surface area contributed by atoms with Crippen molar-refractivity contribution in [2.45, 2.75) is 46.1 Å². The second kappa shape index (κ2) is 6.56. The van der Waals surface area contributed by atoms with Gasteiger partial charge in [0.25, 0.3) is 0 Å². The summed E-state index contributed by atoms with van der Waals surface area (Å²) in [5.74, 6) is 1.05. The molecule has 0 amide bonds. The Morgan fingerprint density at radius 2 is 1.55 bits per heavy atom. The molecule has 106 valence electrons. The number of aromatic amines is 1. The Kier molecular flexibility index (Phi) is 4.78. The third-order valence-electron chi connectivity index (χ3n) is 3.59. The molecule has 0 saturated carbocycles. The molecule has 0 saturated heterocycles. The predicted octanol–water partition coefficient (Wildman–Crippen LogP) is 4.36. The van der Waals surface area contributed by atoms with E-state index in [1.807, 2.05) is 24.4 Å². The molecule has 0 aliphatic heterocycles. The van der Waals surface area contributed by atoms with Gasteiger partial charge in [-0.25, -0.2) is 0 Å². The minimum atomic E-state index is 0.527. The van der Waals surface area contributed by atoms with Crippen LogP contribution in [0.5, 0.6) is 0 Å². The summed E-state index contributed by atoms with van der Waals surface area (Å²) in [7, 11) is 0. The van der Waals surface area contributed by atoms with Crippen molar-refractivity contribution in [2.24, 2.45) is 4.99 Å². The normalized spacial score (nSPS) is 12.4. The van der Waals surface area contributed by atoms with Crippen molar-refractivity contribution >= 4 is 0 Å². The molecule has 0 fully saturated rings. The summed E-state index contributed by atoms with van der Waals surface area (Å²) in [6.45, 7) is 9.73. The van der Waals surface area contributed by atoms with E-state index in [-0.39, 0.29) is 0 Å². The Hall–Kier alpha value is -1.83.